The van der Waals surface area contributed by atoms with Crippen LogP contribution >= 0.6 is 0 Å². The molecule has 0 saturated carbocycles. The van der Waals surface area contributed by atoms with E-state index < -0.39 is 21.1 Å². The number of nitrogens with zero attached hydrogens (tertiary/aromatic N) is 3. The van der Waals surface area contributed by atoms with Crippen molar-refractivity contribution < 1.29 is 27.6 Å². The van der Waals surface area contributed by atoms with E-state index in [9.17, 15) is 23.3 Å². The number of rotatable bonds is 5. The van der Waals surface area contributed by atoms with Crippen molar-refractivity contribution in [2.75, 3.05) is 39.9 Å². The molecule has 1 amide bonds. The van der Waals surface area contributed by atoms with Gasteiger partial charge in [0, 0.05) is 38.9 Å². The molecule has 0 bridgehead atoms. The fourth-order valence-corrected chi connectivity index (χ4v) is 4.81. The van der Waals surface area contributed by atoms with E-state index in [2.05, 4.69) is 0 Å². The Hall–Kier alpha value is -2.24. The standard InChI is InChI=1S/C16H21N3O7S/c1-25-14-11-12(19(21)22)4-5-15(14)27(23,24)18-8-6-17(7-9-18)16(20)13-3-2-10-26-13/h4-5,11,13H,2-3,6-10H2,1H3. The van der Waals surface area contributed by atoms with Crippen LogP contribution in [0.5, 0.6) is 5.75 Å². The van der Waals surface area contributed by atoms with Gasteiger partial charge in [-0.1, -0.05) is 0 Å². The van der Waals surface area contributed by atoms with Gasteiger partial charge < -0.3 is 14.4 Å². The van der Waals surface area contributed by atoms with Crippen LogP contribution in [0.4, 0.5) is 5.69 Å². The maximum absolute atomic E-state index is 12.9. The number of hydrogen-bond acceptors (Lipinski definition) is 7. The molecule has 0 spiro atoms. The smallest absolute Gasteiger partial charge is 0.273 e. The molecule has 148 valence electrons. The van der Waals surface area contributed by atoms with Gasteiger partial charge in [0.1, 0.15) is 16.7 Å². The fourth-order valence-electron chi connectivity index (χ4n) is 3.25. The zero-order valence-corrected chi connectivity index (χ0v) is 15.7. The Kier molecular flexibility index (Phi) is 5.63. The van der Waals surface area contributed by atoms with Crippen molar-refractivity contribution in [1.82, 2.24) is 9.21 Å². The number of ether oxygens (including phenoxy) is 2. The molecule has 1 unspecified atom stereocenters. The molecule has 2 heterocycles. The predicted octanol–water partition coefficient (Wildman–Crippen LogP) is 0.615. The highest BCUT2D eigenvalue weighted by molar-refractivity contribution is 7.89. The molecule has 11 heteroatoms. The van der Waals surface area contributed by atoms with Gasteiger partial charge in [-0.2, -0.15) is 4.31 Å². The van der Waals surface area contributed by atoms with E-state index in [0.29, 0.717) is 13.0 Å². The van der Waals surface area contributed by atoms with E-state index in [1.54, 1.807) is 4.90 Å². The topological polar surface area (TPSA) is 119 Å². The predicted molar refractivity (Wildman–Crippen MR) is 94.0 cm³/mol. The molecule has 0 N–H and O–H groups in total. The molecule has 10 nitrogen and oxygen atoms in total. The molecule has 2 saturated heterocycles. The first-order valence-corrected chi connectivity index (χ1v) is 10.0. The Balaban J connectivity index is 1.73. The lowest BCUT2D eigenvalue weighted by Crippen LogP contribution is -2.52. The van der Waals surface area contributed by atoms with E-state index in [1.807, 2.05) is 0 Å². The van der Waals surface area contributed by atoms with Crippen LogP contribution in [-0.2, 0) is 19.6 Å². The SMILES string of the molecule is COc1cc([N+](=O)[O-])ccc1S(=O)(=O)N1CCN(C(=O)C2CCCO2)CC1. The number of piperazine rings is 1. The number of sulfonamides is 1. The van der Waals surface area contributed by atoms with Crippen molar-refractivity contribution >= 4 is 21.6 Å². The van der Waals surface area contributed by atoms with Crippen LogP contribution in [0.3, 0.4) is 0 Å². The molecule has 27 heavy (non-hydrogen) atoms. The summed E-state index contributed by atoms with van der Waals surface area (Å²) in [6.45, 7) is 1.40. The molecule has 1 aromatic carbocycles. The molecular weight excluding hydrogens is 378 g/mol. The second-order valence-corrected chi connectivity index (χ2v) is 8.23. The summed E-state index contributed by atoms with van der Waals surface area (Å²) in [5.41, 5.74) is -0.252. The zero-order valence-electron chi connectivity index (χ0n) is 14.9. The highest BCUT2D eigenvalue weighted by Crippen LogP contribution is 2.31. The van der Waals surface area contributed by atoms with Gasteiger partial charge in [-0.15, -0.1) is 0 Å². The summed E-state index contributed by atoms with van der Waals surface area (Å²) in [6.07, 6.45) is 1.12. The van der Waals surface area contributed by atoms with Gasteiger partial charge in [0.25, 0.3) is 11.6 Å². The molecule has 2 aliphatic heterocycles. The number of hydrogen-bond donors (Lipinski definition) is 0. The van der Waals surface area contributed by atoms with Gasteiger partial charge in [0.05, 0.1) is 18.1 Å². The van der Waals surface area contributed by atoms with Gasteiger partial charge in [-0.25, -0.2) is 8.42 Å². The van der Waals surface area contributed by atoms with E-state index in [1.165, 1.54) is 17.5 Å². The van der Waals surface area contributed by atoms with Crippen molar-refractivity contribution in [2.24, 2.45) is 0 Å². The molecule has 1 atom stereocenters. The summed E-state index contributed by atoms with van der Waals surface area (Å²) in [5.74, 6) is -0.181. The van der Waals surface area contributed by atoms with E-state index in [4.69, 9.17) is 9.47 Å². The van der Waals surface area contributed by atoms with Crippen LogP contribution in [0.25, 0.3) is 0 Å². The number of non-ortho nitro benzene ring substituents is 1. The van der Waals surface area contributed by atoms with Crippen molar-refractivity contribution in [3.8, 4) is 5.75 Å². The number of carbonyl (C=O) groups is 1. The second-order valence-electron chi connectivity index (χ2n) is 6.32. The average Bonchev–Trinajstić information content (AvgIpc) is 3.21. The molecule has 1 aromatic rings. The van der Waals surface area contributed by atoms with Crippen LogP contribution in [0.1, 0.15) is 12.8 Å². The minimum absolute atomic E-state index is 0.0814. The summed E-state index contributed by atoms with van der Waals surface area (Å²) in [7, 11) is -2.64. The lowest BCUT2D eigenvalue weighted by molar-refractivity contribution is -0.385. The zero-order chi connectivity index (χ0) is 19.6. The van der Waals surface area contributed by atoms with Gasteiger partial charge in [0.2, 0.25) is 10.0 Å². The van der Waals surface area contributed by atoms with E-state index in [-0.39, 0.29) is 48.4 Å². The lowest BCUT2D eigenvalue weighted by Gasteiger charge is -2.35. The van der Waals surface area contributed by atoms with Crippen molar-refractivity contribution in [3.63, 3.8) is 0 Å². The molecule has 0 aliphatic carbocycles. The highest BCUT2D eigenvalue weighted by Gasteiger charge is 2.35. The summed E-state index contributed by atoms with van der Waals surface area (Å²) >= 11 is 0. The average molecular weight is 399 g/mol. The third-order valence-electron chi connectivity index (χ3n) is 4.73. The number of carbonyl (C=O) groups excluding carboxylic acids is 1. The summed E-state index contributed by atoms with van der Waals surface area (Å²) in [5, 5.41) is 10.9. The van der Waals surface area contributed by atoms with Crippen LogP contribution in [0.15, 0.2) is 23.1 Å². The monoisotopic (exact) mass is 399 g/mol. The number of benzene rings is 1. The Labute approximate surface area is 156 Å². The summed E-state index contributed by atoms with van der Waals surface area (Å²) in [6, 6.07) is 3.40. The molecule has 0 radical (unpaired) electrons. The molecule has 3 rings (SSSR count). The molecule has 2 fully saturated rings. The largest absolute Gasteiger partial charge is 0.495 e. The van der Waals surface area contributed by atoms with Crippen molar-refractivity contribution in [3.05, 3.63) is 28.3 Å². The van der Waals surface area contributed by atoms with Gasteiger partial charge in [0.15, 0.2) is 0 Å². The number of nitro benzene ring substituents is 1. The quantitative estimate of drug-likeness (QED) is 0.526. The minimum Gasteiger partial charge on any atom is -0.495 e. The number of nitro groups is 1. The molecular formula is C16H21N3O7S. The Morgan fingerprint density at radius 3 is 2.56 bits per heavy atom. The van der Waals surface area contributed by atoms with Crippen molar-refractivity contribution in [2.45, 2.75) is 23.8 Å². The minimum atomic E-state index is -3.90. The highest BCUT2D eigenvalue weighted by atomic mass is 32.2. The van der Waals surface area contributed by atoms with Crippen LogP contribution in [-0.4, -0.2) is 74.5 Å². The maximum Gasteiger partial charge on any atom is 0.273 e. The lowest BCUT2D eigenvalue weighted by atomic mass is 10.2. The summed E-state index contributed by atoms with van der Waals surface area (Å²) in [4.78, 5) is 24.1. The van der Waals surface area contributed by atoms with Crippen LogP contribution in [0.2, 0.25) is 0 Å². The van der Waals surface area contributed by atoms with Crippen LogP contribution < -0.4 is 4.74 Å². The van der Waals surface area contributed by atoms with Gasteiger partial charge >= 0.3 is 0 Å². The van der Waals surface area contributed by atoms with Crippen molar-refractivity contribution in [1.29, 1.82) is 0 Å². The Morgan fingerprint density at radius 2 is 2.00 bits per heavy atom. The van der Waals surface area contributed by atoms with E-state index >= 15 is 0 Å². The first-order valence-electron chi connectivity index (χ1n) is 8.57. The molecule has 2 aliphatic rings. The third-order valence-corrected chi connectivity index (χ3v) is 6.67. The second kappa shape index (κ2) is 7.79. The normalized spacial score (nSPS) is 21.2. The number of methoxy groups -OCH3 is 1. The summed E-state index contributed by atoms with van der Waals surface area (Å²) < 4.78 is 37.6. The first kappa shape index (κ1) is 19.5. The first-order chi connectivity index (χ1) is 12.8. The number of amides is 1. The Morgan fingerprint density at radius 1 is 1.30 bits per heavy atom. The Bertz CT molecular complexity index is 828. The van der Waals surface area contributed by atoms with E-state index in [0.717, 1.165) is 18.6 Å². The molecule has 0 aromatic heterocycles. The maximum atomic E-state index is 12.9. The van der Waals surface area contributed by atoms with Gasteiger partial charge in [-0.3, -0.25) is 14.9 Å². The van der Waals surface area contributed by atoms with Gasteiger partial charge in [-0.05, 0) is 18.9 Å². The fraction of sp³-hybridized carbons (Fsp3) is 0.562. The van der Waals surface area contributed by atoms with Crippen LogP contribution in [0, 0.1) is 10.1 Å². The third kappa shape index (κ3) is 3.89.